The summed E-state index contributed by atoms with van der Waals surface area (Å²) in [6, 6.07) is 5.53. The van der Waals surface area contributed by atoms with Crippen LogP contribution in [0.1, 0.15) is 24.7 Å². The van der Waals surface area contributed by atoms with Crippen molar-refractivity contribution in [2.75, 3.05) is 27.4 Å². The van der Waals surface area contributed by atoms with Gasteiger partial charge in [0.15, 0.2) is 0 Å². The zero-order valence-corrected chi connectivity index (χ0v) is 12.2. The quantitative estimate of drug-likeness (QED) is 0.862. The lowest BCUT2D eigenvalue weighted by molar-refractivity contribution is 0.0778. The van der Waals surface area contributed by atoms with E-state index in [0.29, 0.717) is 17.5 Å². The van der Waals surface area contributed by atoms with Gasteiger partial charge >= 0.3 is 0 Å². The smallest absolute Gasteiger partial charge is 0.230 e. The number of hydrogen-bond acceptors (Lipinski definition) is 6. The SMILES string of the molecule is COc1ccc(-c2noc(C3CCOCC3)n2)c(OC)c1. The van der Waals surface area contributed by atoms with E-state index in [9.17, 15) is 0 Å². The second kappa shape index (κ2) is 6.13. The standard InChI is InChI=1S/C15H18N2O4/c1-18-11-3-4-12(13(9-11)19-2)14-16-15(21-17-14)10-5-7-20-8-6-10/h3-4,9-10H,5-8H2,1-2H3. The Hall–Kier alpha value is -2.08. The molecule has 1 aromatic heterocycles. The fraction of sp³-hybridized carbons (Fsp3) is 0.467. The molecule has 1 aromatic carbocycles. The summed E-state index contributed by atoms with van der Waals surface area (Å²) in [5, 5.41) is 4.08. The van der Waals surface area contributed by atoms with Crippen LogP contribution in [0.3, 0.4) is 0 Å². The van der Waals surface area contributed by atoms with Gasteiger partial charge in [-0.15, -0.1) is 0 Å². The third kappa shape index (κ3) is 2.85. The lowest BCUT2D eigenvalue weighted by atomic mass is 10.0. The van der Waals surface area contributed by atoms with Crippen LogP contribution in [-0.4, -0.2) is 37.6 Å². The first-order valence-corrected chi connectivity index (χ1v) is 6.95. The molecule has 0 atom stereocenters. The Morgan fingerprint density at radius 2 is 1.95 bits per heavy atom. The summed E-state index contributed by atoms with van der Waals surface area (Å²) in [6.45, 7) is 1.49. The van der Waals surface area contributed by atoms with E-state index in [-0.39, 0.29) is 5.92 Å². The molecule has 0 spiro atoms. The van der Waals surface area contributed by atoms with Gasteiger partial charge in [0.25, 0.3) is 0 Å². The van der Waals surface area contributed by atoms with Gasteiger partial charge in [-0.3, -0.25) is 0 Å². The minimum absolute atomic E-state index is 0.282. The molecule has 6 nitrogen and oxygen atoms in total. The predicted molar refractivity (Wildman–Crippen MR) is 75.6 cm³/mol. The fourth-order valence-electron chi connectivity index (χ4n) is 2.44. The molecule has 0 saturated carbocycles. The summed E-state index contributed by atoms with van der Waals surface area (Å²) in [4.78, 5) is 4.51. The first-order valence-electron chi connectivity index (χ1n) is 6.95. The number of ether oxygens (including phenoxy) is 3. The third-order valence-corrected chi connectivity index (χ3v) is 3.66. The van der Waals surface area contributed by atoms with Crippen molar-refractivity contribution in [1.82, 2.24) is 10.1 Å². The topological polar surface area (TPSA) is 66.6 Å². The van der Waals surface area contributed by atoms with Crippen LogP contribution in [0, 0.1) is 0 Å². The van der Waals surface area contributed by atoms with E-state index in [1.807, 2.05) is 12.1 Å². The van der Waals surface area contributed by atoms with Gasteiger partial charge in [-0.05, 0) is 25.0 Å². The molecule has 2 heterocycles. The molecule has 21 heavy (non-hydrogen) atoms. The Balaban J connectivity index is 1.88. The summed E-state index contributed by atoms with van der Waals surface area (Å²) in [6.07, 6.45) is 1.84. The Labute approximate surface area is 123 Å². The number of benzene rings is 1. The third-order valence-electron chi connectivity index (χ3n) is 3.66. The molecule has 1 fully saturated rings. The number of aromatic nitrogens is 2. The van der Waals surface area contributed by atoms with Crippen LogP contribution in [0.4, 0.5) is 0 Å². The van der Waals surface area contributed by atoms with Crippen molar-refractivity contribution in [3.63, 3.8) is 0 Å². The molecule has 112 valence electrons. The summed E-state index contributed by atoms with van der Waals surface area (Å²) < 4.78 is 21.3. The van der Waals surface area contributed by atoms with Gasteiger partial charge in [0.05, 0.1) is 19.8 Å². The molecule has 2 aromatic rings. The first kappa shape index (κ1) is 13.9. The van der Waals surface area contributed by atoms with Crippen molar-refractivity contribution in [3.05, 3.63) is 24.1 Å². The van der Waals surface area contributed by atoms with E-state index in [4.69, 9.17) is 18.7 Å². The zero-order valence-electron chi connectivity index (χ0n) is 12.2. The van der Waals surface area contributed by atoms with Crippen molar-refractivity contribution in [3.8, 4) is 22.9 Å². The van der Waals surface area contributed by atoms with Crippen LogP contribution in [0.25, 0.3) is 11.4 Å². The Kier molecular flexibility index (Phi) is 4.06. The number of methoxy groups -OCH3 is 2. The minimum atomic E-state index is 0.282. The summed E-state index contributed by atoms with van der Waals surface area (Å²) in [7, 11) is 3.23. The minimum Gasteiger partial charge on any atom is -0.497 e. The summed E-state index contributed by atoms with van der Waals surface area (Å²) in [5.41, 5.74) is 0.792. The van der Waals surface area contributed by atoms with E-state index in [1.165, 1.54) is 0 Å². The highest BCUT2D eigenvalue weighted by molar-refractivity contribution is 5.65. The molecule has 0 bridgehead atoms. The predicted octanol–water partition coefficient (Wildman–Crippen LogP) is 2.65. The second-order valence-electron chi connectivity index (χ2n) is 4.91. The molecule has 6 heteroatoms. The number of hydrogen-bond donors (Lipinski definition) is 0. The molecule has 0 amide bonds. The van der Waals surface area contributed by atoms with Crippen LogP contribution >= 0.6 is 0 Å². The van der Waals surface area contributed by atoms with Gasteiger partial charge < -0.3 is 18.7 Å². The van der Waals surface area contributed by atoms with Crippen LogP contribution in [0.5, 0.6) is 11.5 Å². The highest BCUT2D eigenvalue weighted by Gasteiger charge is 2.23. The molecular formula is C15H18N2O4. The largest absolute Gasteiger partial charge is 0.497 e. The van der Waals surface area contributed by atoms with E-state index >= 15 is 0 Å². The number of nitrogens with zero attached hydrogens (tertiary/aromatic N) is 2. The molecule has 0 radical (unpaired) electrons. The molecule has 0 N–H and O–H groups in total. The van der Waals surface area contributed by atoms with E-state index < -0.39 is 0 Å². The molecule has 0 unspecified atom stereocenters. The molecule has 3 rings (SSSR count). The van der Waals surface area contributed by atoms with Crippen molar-refractivity contribution in [1.29, 1.82) is 0 Å². The summed E-state index contributed by atoms with van der Waals surface area (Å²) >= 11 is 0. The maximum Gasteiger partial charge on any atom is 0.230 e. The highest BCUT2D eigenvalue weighted by Crippen LogP contribution is 2.33. The average Bonchev–Trinajstić information content (AvgIpc) is 3.04. The monoisotopic (exact) mass is 290 g/mol. The van der Waals surface area contributed by atoms with E-state index in [2.05, 4.69) is 10.1 Å². The zero-order chi connectivity index (χ0) is 14.7. The lowest BCUT2D eigenvalue weighted by Crippen LogP contribution is -2.14. The van der Waals surface area contributed by atoms with Gasteiger partial charge in [-0.1, -0.05) is 5.16 Å². The van der Waals surface area contributed by atoms with Crippen LogP contribution in [-0.2, 0) is 4.74 Å². The maximum absolute atomic E-state index is 5.41. The maximum atomic E-state index is 5.41. The van der Waals surface area contributed by atoms with Gasteiger partial charge in [0, 0.05) is 25.2 Å². The Bertz CT molecular complexity index is 605. The van der Waals surface area contributed by atoms with E-state index in [1.54, 1.807) is 20.3 Å². The first-order chi connectivity index (χ1) is 10.3. The number of rotatable bonds is 4. The van der Waals surface area contributed by atoms with Crippen molar-refractivity contribution >= 4 is 0 Å². The van der Waals surface area contributed by atoms with Crippen LogP contribution < -0.4 is 9.47 Å². The Morgan fingerprint density at radius 3 is 2.67 bits per heavy atom. The van der Waals surface area contributed by atoms with Gasteiger partial charge in [0.2, 0.25) is 11.7 Å². The van der Waals surface area contributed by atoms with Gasteiger partial charge in [-0.25, -0.2) is 0 Å². The van der Waals surface area contributed by atoms with Crippen molar-refractivity contribution < 1.29 is 18.7 Å². The van der Waals surface area contributed by atoms with Gasteiger partial charge in [-0.2, -0.15) is 4.98 Å². The average molecular weight is 290 g/mol. The van der Waals surface area contributed by atoms with Crippen molar-refractivity contribution in [2.24, 2.45) is 0 Å². The summed E-state index contributed by atoms with van der Waals surface area (Å²) in [5.74, 6) is 2.88. The molecule has 0 aliphatic carbocycles. The fourth-order valence-corrected chi connectivity index (χ4v) is 2.44. The highest BCUT2D eigenvalue weighted by atomic mass is 16.5. The van der Waals surface area contributed by atoms with Crippen LogP contribution in [0.15, 0.2) is 22.7 Å². The molecule has 1 aliphatic heterocycles. The van der Waals surface area contributed by atoms with Crippen molar-refractivity contribution in [2.45, 2.75) is 18.8 Å². The van der Waals surface area contributed by atoms with Crippen LogP contribution in [0.2, 0.25) is 0 Å². The second-order valence-corrected chi connectivity index (χ2v) is 4.91. The molecule has 1 aliphatic rings. The molecular weight excluding hydrogens is 272 g/mol. The van der Waals surface area contributed by atoms with E-state index in [0.717, 1.165) is 37.4 Å². The Morgan fingerprint density at radius 1 is 1.14 bits per heavy atom. The normalized spacial score (nSPS) is 15.9. The molecule has 1 saturated heterocycles. The lowest BCUT2D eigenvalue weighted by Gasteiger charge is -2.17. The van der Waals surface area contributed by atoms with Gasteiger partial charge in [0.1, 0.15) is 11.5 Å².